The van der Waals surface area contributed by atoms with Crippen LogP contribution in [0.2, 0.25) is 0 Å². The van der Waals surface area contributed by atoms with Crippen molar-refractivity contribution in [1.82, 2.24) is 5.32 Å². The van der Waals surface area contributed by atoms with E-state index in [2.05, 4.69) is 5.32 Å². The number of rotatable bonds is 4. The number of anilines is 1. The molecule has 4 N–H and O–H groups in total. The number of primary amides is 1. The SMILES string of the molecule is NC(=O)c1ccc(N2CCNCC2C(=O)O)c([N+](=O)[O-])c1. The van der Waals surface area contributed by atoms with Crippen LogP contribution < -0.4 is 16.0 Å². The van der Waals surface area contributed by atoms with E-state index < -0.39 is 22.8 Å². The predicted octanol–water partition coefficient (Wildman–Crippen LogP) is -0.443. The Bertz CT molecular complexity index is 603. The number of amides is 1. The van der Waals surface area contributed by atoms with Gasteiger partial charge in [0.2, 0.25) is 5.91 Å². The lowest BCUT2D eigenvalue weighted by Crippen LogP contribution is -2.55. The number of nitro groups is 1. The number of carbonyl (C=O) groups is 2. The summed E-state index contributed by atoms with van der Waals surface area (Å²) in [5.74, 6) is -1.85. The van der Waals surface area contributed by atoms with E-state index in [1.165, 1.54) is 17.0 Å². The maximum Gasteiger partial charge on any atom is 0.327 e. The summed E-state index contributed by atoms with van der Waals surface area (Å²) in [6.07, 6.45) is 0. The van der Waals surface area contributed by atoms with Crippen LogP contribution in [-0.4, -0.2) is 47.6 Å². The van der Waals surface area contributed by atoms with Crippen LogP contribution in [0, 0.1) is 10.1 Å². The molecule has 0 saturated carbocycles. The maximum atomic E-state index is 11.3. The number of carboxylic acids is 1. The van der Waals surface area contributed by atoms with Gasteiger partial charge in [-0.05, 0) is 12.1 Å². The van der Waals surface area contributed by atoms with Crippen LogP contribution in [0.4, 0.5) is 11.4 Å². The summed E-state index contributed by atoms with van der Waals surface area (Å²) in [6, 6.07) is 2.88. The zero-order valence-electron chi connectivity index (χ0n) is 11.0. The molecule has 1 fully saturated rings. The predicted molar refractivity (Wildman–Crippen MR) is 73.3 cm³/mol. The maximum absolute atomic E-state index is 11.3. The number of nitrogens with zero attached hydrogens (tertiary/aromatic N) is 2. The van der Waals surface area contributed by atoms with Gasteiger partial charge in [-0.25, -0.2) is 4.79 Å². The topological polar surface area (TPSA) is 139 Å². The highest BCUT2D eigenvalue weighted by molar-refractivity contribution is 5.94. The minimum atomic E-state index is -1.07. The first-order valence-electron chi connectivity index (χ1n) is 6.20. The van der Waals surface area contributed by atoms with Crippen LogP contribution in [0.25, 0.3) is 0 Å². The number of carboxylic acid groups (broad SMARTS) is 1. The Balaban J connectivity index is 2.48. The molecule has 1 amide bonds. The van der Waals surface area contributed by atoms with Crippen molar-refractivity contribution in [3.63, 3.8) is 0 Å². The molecule has 0 bridgehead atoms. The van der Waals surface area contributed by atoms with Gasteiger partial charge >= 0.3 is 5.97 Å². The van der Waals surface area contributed by atoms with E-state index in [1.807, 2.05) is 0 Å². The lowest BCUT2D eigenvalue weighted by molar-refractivity contribution is -0.384. The van der Waals surface area contributed by atoms with Crippen LogP contribution in [0.5, 0.6) is 0 Å². The third kappa shape index (κ3) is 2.92. The molecule has 21 heavy (non-hydrogen) atoms. The normalized spacial score (nSPS) is 18.3. The molecule has 1 aliphatic heterocycles. The second-order valence-corrected chi connectivity index (χ2v) is 4.58. The first-order valence-corrected chi connectivity index (χ1v) is 6.20. The van der Waals surface area contributed by atoms with Crippen molar-refractivity contribution in [3.05, 3.63) is 33.9 Å². The second-order valence-electron chi connectivity index (χ2n) is 4.58. The molecule has 9 heteroatoms. The lowest BCUT2D eigenvalue weighted by atomic mass is 10.1. The number of hydrogen-bond donors (Lipinski definition) is 3. The van der Waals surface area contributed by atoms with Gasteiger partial charge in [-0.2, -0.15) is 0 Å². The molecule has 1 atom stereocenters. The minimum absolute atomic E-state index is 0.00691. The Morgan fingerprint density at radius 3 is 2.76 bits per heavy atom. The average Bonchev–Trinajstić information content (AvgIpc) is 2.46. The Morgan fingerprint density at radius 2 is 2.19 bits per heavy atom. The molecule has 0 spiro atoms. The van der Waals surface area contributed by atoms with Gasteiger partial charge in [0.05, 0.1) is 4.92 Å². The Hall–Kier alpha value is -2.68. The molecule has 1 saturated heterocycles. The van der Waals surface area contributed by atoms with Crippen molar-refractivity contribution in [2.75, 3.05) is 24.5 Å². The number of hydrogen-bond acceptors (Lipinski definition) is 6. The molecule has 0 radical (unpaired) electrons. The summed E-state index contributed by atoms with van der Waals surface area (Å²) in [6.45, 7) is 1.01. The summed E-state index contributed by atoms with van der Waals surface area (Å²) in [5.41, 5.74) is 4.95. The third-order valence-electron chi connectivity index (χ3n) is 3.29. The average molecular weight is 294 g/mol. The molecule has 1 aromatic carbocycles. The zero-order chi connectivity index (χ0) is 15.6. The molecule has 0 aliphatic carbocycles. The fourth-order valence-electron chi connectivity index (χ4n) is 2.28. The van der Waals surface area contributed by atoms with Gasteiger partial charge in [-0.3, -0.25) is 14.9 Å². The lowest BCUT2D eigenvalue weighted by Gasteiger charge is -2.34. The molecular formula is C12H14N4O5. The molecule has 1 aliphatic rings. The molecule has 2 rings (SSSR count). The first kappa shape index (κ1) is 14.7. The molecular weight excluding hydrogens is 280 g/mol. The quantitative estimate of drug-likeness (QED) is 0.505. The van der Waals surface area contributed by atoms with E-state index in [0.29, 0.717) is 13.1 Å². The summed E-state index contributed by atoms with van der Waals surface area (Å²) >= 11 is 0. The van der Waals surface area contributed by atoms with Gasteiger partial charge in [-0.1, -0.05) is 0 Å². The van der Waals surface area contributed by atoms with Crippen molar-refractivity contribution < 1.29 is 19.6 Å². The van der Waals surface area contributed by atoms with Crippen LogP contribution in [0.1, 0.15) is 10.4 Å². The van der Waals surface area contributed by atoms with Crippen LogP contribution in [-0.2, 0) is 4.79 Å². The standard InChI is InChI=1S/C12H14N4O5/c13-11(17)7-1-2-8(9(5-7)16(20)21)15-4-3-14-6-10(15)12(18)19/h1-2,5,10,14H,3-4,6H2,(H2,13,17)(H,18,19). The molecule has 1 heterocycles. The number of benzene rings is 1. The Morgan fingerprint density at radius 1 is 1.48 bits per heavy atom. The molecule has 0 aromatic heterocycles. The van der Waals surface area contributed by atoms with E-state index in [9.17, 15) is 24.8 Å². The van der Waals surface area contributed by atoms with Crippen molar-refractivity contribution in [1.29, 1.82) is 0 Å². The number of nitro benzene ring substituents is 1. The zero-order valence-corrected chi connectivity index (χ0v) is 11.0. The number of carbonyl (C=O) groups excluding carboxylic acids is 1. The van der Waals surface area contributed by atoms with Gasteiger partial charge in [0, 0.05) is 31.3 Å². The summed E-state index contributed by atoms with van der Waals surface area (Å²) in [4.78, 5) is 34.4. The summed E-state index contributed by atoms with van der Waals surface area (Å²) < 4.78 is 0. The number of nitrogens with one attached hydrogen (secondary N) is 1. The third-order valence-corrected chi connectivity index (χ3v) is 3.29. The Kier molecular flexibility index (Phi) is 4.03. The highest BCUT2D eigenvalue weighted by Gasteiger charge is 2.32. The fourth-order valence-corrected chi connectivity index (χ4v) is 2.28. The number of piperazine rings is 1. The van der Waals surface area contributed by atoms with Crippen molar-refractivity contribution >= 4 is 23.3 Å². The van der Waals surface area contributed by atoms with E-state index in [4.69, 9.17) is 5.73 Å². The molecule has 1 aromatic rings. The second kappa shape index (κ2) is 5.75. The van der Waals surface area contributed by atoms with E-state index in [0.717, 1.165) is 6.07 Å². The highest BCUT2D eigenvalue weighted by atomic mass is 16.6. The summed E-state index contributed by atoms with van der Waals surface area (Å²) in [5, 5.41) is 23.3. The van der Waals surface area contributed by atoms with Crippen molar-refractivity contribution in [2.45, 2.75) is 6.04 Å². The monoisotopic (exact) mass is 294 g/mol. The van der Waals surface area contributed by atoms with Gasteiger partial charge in [0.1, 0.15) is 11.7 Å². The van der Waals surface area contributed by atoms with Gasteiger partial charge in [0.25, 0.3) is 5.69 Å². The smallest absolute Gasteiger partial charge is 0.327 e. The van der Waals surface area contributed by atoms with E-state index in [-0.39, 0.29) is 23.5 Å². The van der Waals surface area contributed by atoms with Crippen LogP contribution >= 0.6 is 0 Å². The fraction of sp³-hybridized carbons (Fsp3) is 0.333. The largest absolute Gasteiger partial charge is 0.480 e. The number of nitrogens with two attached hydrogens (primary N) is 1. The molecule has 9 nitrogen and oxygen atoms in total. The van der Waals surface area contributed by atoms with Crippen LogP contribution in [0.3, 0.4) is 0 Å². The Labute approximate surface area is 119 Å². The van der Waals surface area contributed by atoms with Crippen molar-refractivity contribution in [3.8, 4) is 0 Å². The van der Waals surface area contributed by atoms with Gasteiger partial charge in [0.15, 0.2) is 0 Å². The van der Waals surface area contributed by atoms with E-state index >= 15 is 0 Å². The molecule has 1 unspecified atom stereocenters. The molecule has 112 valence electrons. The number of aliphatic carboxylic acids is 1. The van der Waals surface area contributed by atoms with Gasteiger partial charge in [-0.15, -0.1) is 0 Å². The van der Waals surface area contributed by atoms with Gasteiger partial charge < -0.3 is 21.1 Å². The van der Waals surface area contributed by atoms with Crippen molar-refractivity contribution in [2.24, 2.45) is 5.73 Å². The minimum Gasteiger partial charge on any atom is -0.480 e. The van der Waals surface area contributed by atoms with E-state index in [1.54, 1.807) is 0 Å². The first-order chi connectivity index (χ1) is 9.91. The summed E-state index contributed by atoms with van der Waals surface area (Å²) in [7, 11) is 0. The highest BCUT2D eigenvalue weighted by Crippen LogP contribution is 2.31. The van der Waals surface area contributed by atoms with Crippen LogP contribution in [0.15, 0.2) is 18.2 Å².